The molecule has 1 atom stereocenters. The van der Waals surface area contributed by atoms with Crippen LogP contribution in [0.1, 0.15) is 19.4 Å². The van der Waals surface area contributed by atoms with E-state index in [0.29, 0.717) is 26.8 Å². The van der Waals surface area contributed by atoms with E-state index in [1.165, 1.54) is 4.57 Å². The summed E-state index contributed by atoms with van der Waals surface area (Å²) in [5.74, 6) is -0.703. The number of rotatable bonds is 5. The molecule has 1 aromatic heterocycles. The third-order valence-corrected chi connectivity index (χ3v) is 6.17. The number of urea groups is 1. The Bertz CT molecular complexity index is 1180. The normalized spacial score (nSPS) is 12.2. The second-order valence-corrected chi connectivity index (χ2v) is 8.71. The van der Waals surface area contributed by atoms with Gasteiger partial charge in [-0.25, -0.2) is 9.78 Å². The molecule has 2 aromatic carbocycles. The minimum Gasteiger partial charge on any atom is -0.351 e. The molecule has 3 aromatic rings. The van der Waals surface area contributed by atoms with Gasteiger partial charge >= 0.3 is 6.03 Å². The molecule has 0 bridgehead atoms. The Morgan fingerprint density at radius 1 is 1.17 bits per heavy atom. The van der Waals surface area contributed by atoms with Crippen molar-refractivity contribution in [1.29, 1.82) is 0 Å². The average molecular weight is 445 g/mol. The van der Waals surface area contributed by atoms with Crippen molar-refractivity contribution in [1.82, 2.24) is 14.9 Å². The van der Waals surface area contributed by atoms with E-state index in [1.54, 1.807) is 18.2 Å². The van der Waals surface area contributed by atoms with Gasteiger partial charge in [0, 0.05) is 5.02 Å². The fraction of sp³-hybridized carbons (Fsp3) is 0.238. The van der Waals surface area contributed by atoms with Gasteiger partial charge in [0.15, 0.2) is 5.16 Å². The van der Waals surface area contributed by atoms with Crippen molar-refractivity contribution in [2.75, 3.05) is 0 Å². The quantitative estimate of drug-likeness (QED) is 0.461. The molecule has 3 N–H and O–H groups in total. The van der Waals surface area contributed by atoms with Gasteiger partial charge in [-0.05, 0) is 43.2 Å². The van der Waals surface area contributed by atoms with Crippen molar-refractivity contribution in [3.63, 3.8) is 0 Å². The Balaban J connectivity index is 2.21. The van der Waals surface area contributed by atoms with E-state index in [2.05, 4.69) is 10.3 Å². The fourth-order valence-electron chi connectivity index (χ4n) is 2.94. The number of hydrogen-bond donors (Lipinski definition) is 2. The highest BCUT2D eigenvalue weighted by Gasteiger charge is 2.27. The minimum absolute atomic E-state index is 0.159. The number of thioether (sulfide) groups is 1. The first-order chi connectivity index (χ1) is 14.2. The van der Waals surface area contributed by atoms with Crippen LogP contribution in [-0.4, -0.2) is 26.7 Å². The van der Waals surface area contributed by atoms with Crippen LogP contribution < -0.4 is 16.6 Å². The number of aryl methyl sites for hydroxylation is 1. The Morgan fingerprint density at radius 3 is 2.43 bits per heavy atom. The molecule has 30 heavy (non-hydrogen) atoms. The van der Waals surface area contributed by atoms with Crippen LogP contribution in [0.25, 0.3) is 16.6 Å². The van der Waals surface area contributed by atoms with E-state index >= 15 is 0 Å². The number of nitrogens with one attached hydrogen (secondary N) is 1. The maximum absolute atomic E-state index is 13.3. The first-order valence-electron chi connectivity index (χ1n) is 9.23. The van der Waals surface area contributed by atoms with Crippen molar-refractivity contribution in [3.05, 3.63) is 63.4 Å². The number of carbonyl (C=O) groups is 2. The van der Waals surface area contributed by atoms with Gasteiger partial charge in [-0.2, -0.15) is 0 Å². The largest absolute Gasteiger partial charge is 0.351 e. The maximum Gasteiger partial charge on any atom is 0.318 e. The molecule has 156 valence electrons. The zero-order chi connectivity index (χ0) is 22.0. The second kappa shape index (κ2) is 8.89. The molecule has 0 saturated carbocycles. The van der Waals surface area contributed by atoms with Crippen LogP contribution in [0.5, 0.6) is 0 Å². The number of aromatic nitrogens is 2. The second-order valence-electron chi connectivity index (χ2n) is 7.17. The molecule has 1 heterocycles. The van der Waals surface area contributed by atoms with Crippen LogP contribution in [0.4, 0.5) is 4.79 Å². The number of nitrogens with zero attached hydrogens (tertiary/aromatic N) is 2. The monoisotopic (exact) mass is 444 g/mol. The van der Waals surface area contributed by atoms with E-state index < -0.39 is 17.2 Å². The number of fused-ring (bicyclic) bond motifs is 1. The number of benzene rings is 2. The van der Waals surface area contributed by atoms with Gasteiger partial charge in [0.25, 0.3) is 5.56 Å². The molecule has 0 aliphatic carbocycles. The summed E-state index contributed by atoms with van der Waals surface area (Å²) in [6.07, 6.45) is 0. The summed E-state index contributed by atoms with van der Waals surface area (Å²) in [6, 6.07) is 11.4. The summed E-state index contributed by atoms with van der Waals surface area (Å²) >= 11 is 7.19. The number of primary amides is 1. The SMILES string of the molecule is Cc1ccc(-n2c(SC(C(=O)NC(N)=O)C(C)C)nc3cc(Cl)ccc3c2=O)cc1. The molecule has 0 saturated heterocycles. The van der Waals surface area contributed by atoms with Gasteiger partial charge in [-0.1, -0.05) is 54.9 Å². The van der Waals surface area contributed by atoms with Crippen LogP contribution in [-0.2, 0) is 4.79 Å². The fourth-order valence-corrected chi connectivity index (χ4v) is 4.21. The minimum atomic E-state index is -0.930. The van der Waals surface area contributed by atoms with Crippen LogP contribution >= 0.6 is 23.4 Å². The highest BCUT2D eigenvalue weighted by Crippen LogP contribution is 2.30. The Kier molecular flexibility index (Phi) is 6.48. The highest BCUT2D eigenvalue weighted by molar-refractivity contribution is 8.00. The maximum atomic E-state index is 13.3. The molecule has 1 unspecified atom stereocenters. The molecule has 3 rings (SSSR count). The van der Waals surface area contributed by atoms with Crippen LogP contribution in [0.15, 0.2) is 52.4 Å². The first kappa shape index (κ1) is 21.9. The third kappa shape index (κ3) is 4.66. The lowest BCUT2D eigenvalue weighted by Gasteiger charge is -2.21. The number of hydrogen-bond acceptors (Lipinski definition) is 5. The molecular weight excluding hydrogens is 424 g/mol. The number of imide groups is 1. The van der Waals surface area contributed by atoms with Gasteiger partial charge in [0.1, 0.15) is 0 Å². The molecule has 3 amide bonds. The van der Waals surface area contributed by atoms with Gasteiger partial charge in [0.05, 0.1) is 21.8 Å². The van der Waals surface area contributed by atoms with Crippen LogP contribution in [0, 0.1) is 12.8 Å². The molecule has 0 spiro atoms. The van der Waals surface area contributed by atoms with Crippen LogP contribution in [0.2, 0.25) is 5.02 Å². The summed E-state index contributed by atoms with van der Waals surface area (Å²) < 4.78 is 1.47. The lowest BCUT2D eigenvalue weighted by atomic mass is 10.1. The zero-order valence-corrected chi connectivity index (χ0v) is 18.3. The summed E-state index contributed by atoms with van der Waals surface area (Å²) in [5, 5.41) is 2.59. The molecule has 0 fully saturated rings. The molecule has 7 nitrogen and oxygen atoms in total. The van der Waals surface area contributed by atoms with Crippen molar-refractivity contribution in [2.24, 2.45) is 11.7 Å². The van der Waals surface area contributed by atoms with Crippen molar-refractivity contribution in [2.45, 2.75) is 31.2 Å². The summed E-state index contributed by atoms with van der Waals surface area (Å²) in [5.41, 5.74) is 6.92. The number of nitrogens with two attached hydrogens (primary N) is 1. The molecule has 9 heteroatoms. The van der Waals surface area contributed by atoms with Gasteiger partial charge in [-0.15, -0.1) is 0 Å². The molecule has 0 aliphatic rings. The van der Waals surface area contributed by atoms with Crippen molar-refractivity contribution in [3.8, 4) is 5.69 Å². The third-order valence-electron chi connectivity index (χ3n) is 4.44. The van der Waals surface area contributed by atoms with Crippen molar-refractivity contribution < 1.29 is 9.59 Å². The van der Waals surface area contributed by atoms with Gasteiger partial charge in [0.2, 0.25) is 5.91 Å². The van der Waals surface area contributed by atoms with E-state index in [0.717, 1.165) is 17.3 Å². The van der Waals surface area contributed by atoms with Gasteiger partial charge < -0.3 is 5.73 Å². The lowest BCUT2D eigenvalue weighted by molar-refractivity contribution is -0.120. The number of amides is 3. The summed E-state index contributed by atoms with van der Waals surface area (Å²) in [4.78, 5) is 41.7. The van der Waals surface area contributed by atoms with E-state index in [-0.39, 0.29) is 11.5 Å². The van der Waals surface area contributed by atoms with Crippen LogP contribution in [0.3, 0.4) is 0 Å². The standard InChI is InChI=1S/C21H21ClN4O3S/c1-11(2)17(18(27)25-20(23)29)30-21-24-16-10-13(22)6-9-15(16)19(28)26(21)14-7-4-12(3)5-8-14/h4-11,17H,1-3H3,(H3,23,25,27,29). The Labute approximate surface area is 182 Å². The first-order valence-corrected chi connectivity index (χ1v) is 10.5. The zero-order valence-electron chi connectivity index (χ0n) is 16.7. The highest BCUT2D eigenvalue weighted by atomic mass is 35.5. The summed E-state index contributed by atoms with van der Waals surface area (Å²) in [6.45, 7) is 5.63. The number of halogens is 1. The average Bonchev–Trinajstić information content (AvgIpc) is 2.66. The predicted molar refractivity (Wildman–Crippen MR) is 119 cm³/mol. The Hall–Kier alpha value is -2.84. The Morgan fingerprint density at radius 2 is 1.83 bits per heavy atom. The topological polar surface area (TPSA) is 107 Å². The number of carbonyl (C=O) groups excluding carboxylic acids is 2. The van der Waals surface area contributed by atoms with Gasteiger partial charge in [-0.3, -0.25) is 19.5 Å². The van der Waals surface area contributed by atoms with E-state index in [1.807, 2.05) is 45.0 Å². The predicted octanol–water partition coefficient (Wildman–Crippen LogP) is 3.66. The van der Waals surface area contributed by atoms with E-state index in [4.69, 9.17) is 17.3 Å². The van der Waals surface area contributed by atoms with Crippen molar-refractivity contribution >= 4 is 46.2 Å². The van der Waals surface area contributed by atoms with E-state index in [9.17, 15) is 14.4 Å². The summed E-state index contributed by atoms with van der Waals surface area (Å²) in [7, 11) is 0. The smallest absolute Gasteiger partial charge is 0.318 e. The lowest BCUT2D eigenvalue weighted by Crippen LogP contribution is -2.42. The molecule has 0 aliphatic heterocycles. The molecular formula is C21H21ClN4O3S. The molecule has 0 radical (unpaired) electrons.